The van der Waals surface area contributed by atoms with Crippen LogP contribution in [0.5, 0.6) is 0 Å². The van der Waals surface area contributed by atoms with E-state index in [0.29, 0.717) is 18.7 Å². The third-order valence-electron chi connectivity index (χ3n) is 4.21. The molecule has 1 aromatic rings. The molecule has 0 aliphatic heterocycles. The number of nitrogens with zero attached hydrogens (tertiary/aromatic N) is 3. The van der Waals surface area contributed by atoms with Crippen LogP contribution >= 0.6 is 0 Å². The molecule has 1 amide bonds. The number of aliphatic carboxylic acids is 1. The molecule has 9 heteroatoms. The molecular weight excluding hydrogens is 304 g/mol. The topological polar surface area (TPSA) is 127 Å². The number of nitro groups is 1. The summed E-state index contributed by atoms with van der Waals surface area (Å²) < 4.78 is 1.35. The van der Waals surface area contributed by atoms with Crippen LogP contribution < -0.4 is 5.32 Å². The molecule has 0 bridgehead atoms. The first-order chi connectivity index (χ1) is 10.8. The summed E-state index contributed by atoms with van der Waals surface area (Å²) in [7, 11) is 0. The highest BCUT2D eigenvalue weighted by molar-refractivity contribution is 5.87. The summed E-state index contributed by atoms with van der Waals surface area (Å²) in [4.78, 5) is 37.7. The second-order valence-corrected chi connectivity index (χ2v) is 5.88. The highest BCUT2D eigenvalue weighted by atomic mass is 16.6. The van der Waals surface area contributed by atoms with Gasteiger partial charge in [0.2, 0.25) is 11.7 Å². The molecule has 0 spiro atoms. The van der Waals surface area contributed by atoms with Crippen LogP contribution in [0.3, 0.4) is 0 Å². The monoisotopic (exact) mass is 324 g/mol. The van der Waals surface area contributed by atoms with E-state index in [1.54, 1.807) is 6.92 Å². The van der Waals surface area contributed by atoms with E-state index in [4.69, 9.17) is 0 Å². The fourth-order valence-corrected chi connectivity index (χ4v) is 2.93. The minimum absolute atomic E-state index is 0.193. The first-order valence-electron chi connectivity index (χ1n) is 7.57. The smallest absolute Gasteiger partial charge is 0.381 e. The van der Waals surface area contributed by atoms with Crippen LogP contribution in [-0.2, 0) is 16.1 Å². The Morgan fingerprint density at radius 1 is 1.39 bits per heavy atom. The van der Waals surface area contributed by atoms with Crippen LogP contribution in [0.4, 0.5) is 5.82 Å². The van der Waals surface area contributed by atoms with Crippen molar-refractivity contribution in [2.45, 2.75) is 57.5 Å². The molecule has 0 radical (unpaired) electrons. The van der Waals surface area contributed by atoms with Crippen molar-refractivity contribution in [1.29, 1.82) is 0 Å². The maximum atomic E-state index is 12.2. The first-order valence-corrected chi connectivity index (χ1v) is 7.57. The highest BCUT2D eigenvalue weighted by Gasteiger charge is 2.40. The average molecular weight is 324 g/mol. The molecule has 2 N–H and O–H groups in total. The van der Waals surface area contributed by atoms with E-state index in [0.717, 1.165) is 25.7 Å². The minimum Gasteiger partial charge on any atom is -0.480 e. The number of aryl methyl sites for hydroxylation is 1. The molecule has 23 heavy (non-hydrogen) atoms. The van der Waals surface area contributed by atoms with Crippen LogP contribution in [-0.4, -0.2) is 37.0 Å². The number of rotatable bonds is 5. The molecule has 9 nitrogen and oxygen atoms in total. The van der Waals surface area contributed by atoms with E-state index >= 15 is 0 Å². The molecule has 0 aromatic carbocycles. The zero-order valence-corrected chi connectivity index (χ0v) is 12.9. The summed E-state index contributed by atoms with van der Waals surface area (Å²) in [5, 5.41) is 22.9. The molecule has 1 heterocycles. The maximum Gasteiger partial charge on any atom is 0.381 e. The van der Waals surface area contributed by atoms with Crippen molar-refractivity contribution in [2.75, 3.05) is 0 Å². The van der Waals surface area contributed by atoms with Crippen molar-refractivity contribution in [1.82, 2.24) is 14.9 Å². The Labute approximate surface area is 132 Å². The Morgan fingerprint density at radius 2 is 2.00 bits per heavy atom. The predicted molar refractivity (Wildman–Crippen MR) is 79.8 cm³/mol. The number of carbonyl (C=O) groups excluding carboxylic acids is 1. The number of aromatic nitrogens is 2. The van der Waals surface area contributed by atoms with Gasteiger partial charge in [-0.05, 0) is 22.7 Å². The van der Waals surface area contributed by atoms with E-state index in [2.05, 4.69) is 10.3 Å². The number of carbonyl (C=O) groups is 2. The van der Waals surface area contributed by atoms with Crippen molar-refractivity contribution >= 4 is 17.7 Å². The fourth-order valence-electron chi connectivity index (χ4n) is 2.93. The third-order valence-corrected chi connectivity index (χ3v) is 4.21. The number of imidazole rings is 1. The van der Waals surface area contributed by atoms with Gasteiger partial charge in [0.15, 0.2) is 0 Å². The van der Waals surface area contributed by atoms with Crippen LogP contribution in [0.2, 0.25) is 0 Å². The summed E-state index contributed by atoms with van der Waals surface area (Å²) in [6, 6.07) is 0. The first kappa shape index (κ1) is 16.9. The Bertz CT molecular complexity index is 617. The van der Waals surface area contributed by atoms with E-state index < -0.39 is 22.3 Å². The number of hydrogen-bond donors (Lipinski definition) is 2. The van der Waals surface area contributed by atoms with Gasteiger partial charge in [-0.15, -0.1) is 0 Å². The molecule has 0 unspecified atom stereocenters. The Morgan fingerprint density at radius 3 is 2.48 bits per heavy atom. The van der Waals surface area contributed by atoms with Crippen molar-refractivity contribution in [3.8, 4) is 0 Å². The number of carboxylic acids is 1. The molecule has 1 aliphatic carbocycles. The van der Waals surface area contributed by atoms with Gasteiger partial charge in [-0.2, -0.15) is 0 Å². The Hall–Kier alpha value is -2.45. The van der Waals surface area contributed by atoms with Gasteiger partial charge in [0.05, 0.1) is 0 Å². The van der Waals surface area contributed by atoms with Gasteiger partial charge in [-0.1, -0.05) is 25.7 Å². The van der Waals surface area contributed by atoms with Crippen molar-refractivity contribution in [3.05, 3.63) is 22.1 Å². The Kier molecular flexibility index (Phi) is 4.97. The van der Waals surface area contributed by atoms with Crippen LogP contribution in [0, 0.1) is 17.0 Å². The summed E-state index contributed by atoms with van der Waals surface area (Å²) in [5.74, 6) is -1.51. The molecule has 1 saturated carbocycles. The normalized spacial score (nSPS) is 17.3. The van der Waals surface area contributed by atoms with Gasteiger partial charge in [-0.25, -0.2) is 4.79 Å². The SMILES string of the molecule is Cc1nc([N+](=O)[O-])cn1CC(=O)NC1(C(=O)O)CCCCCC1. The summed E-state index contributed by atoms with van der Waals surface area (Å²) >= 11 is 0. The lowest BCUT2D eigenvalue weighted by Crippen LogP contribution is -2.55. The predicted octanol–water partition coefficient (Wildman–Crippen LogP) is 1.39. The van der Waals surface area contributed by atoms with Crippen LogP contribution in [0.15, 0.2) is 6.20 Å². The lowest BCUT2D eigenvalue weighted by Gasteiger charge is -2.29. The van der Waals surface area contributed by atoms with Crippen molar-refractivity contribution < 1.29 is 19.6 Å². The summed E-state index contributed by atoms with van der Waals surface area (Å²) in [6.07, 6.45) is 5.39. The van der Waals surface area contributed by atoms with Crippen LogP contribution in [0.1, 0.15) is 44.3 Å². The fraction of sp³-hybridized carbons (Fsp3) is 0.643. The summed E-state index contributed by atoms with van der Waals surface area (Å²) in [6.45, 7) is 1.36. The second kappa shape index (κ2) is 6.76. The second-order valence-electron chi connectivity index (χ2n) is 5.88. The zero-order chi connectivity index (χ0) is 17.0. The van der Waals surface area contributed by atoms with Gasteiger partial charge in [0.1, 0.15) is 18.3 Å². The molecule has 2 rings (SSSR count). The van der Waals surface area contributed by atoms with Gasteiger partial charge >= 0.3 is 11.8 Å². The molecule has 1 aliphatic rings. The highest BCUT2D eigenvalue weighted by Crippen LogP contribution is 2.27. The van der Waals surface area contributed by atoms with E-state index in [1.165, 1.54) is 10.8 Å². The molecule has 1 aromatic heterocycles. The van der Waals surface area contributed by atoms with Gasteiger partial charge in [0.25, 0.3) is 0 Å². The number of carboxylic acid groups (broad SMARTS) is 1. The van der Waals surface area contributed by atoms with E-state index in [-0.39, 0.29) is 12.4 Å². The van der Waals surface area contributed by atoms with E-state index in [9.17, 15) is 24.8 Å². The lowest BCUT2D eigenvalue weighted by molar-refractivity contribution is -0.389. The standard InChI is InChI=1S/C14H20N4O5/c1-10-15-11(18(22)23)8-17(10)9-12(19)16-14(13(20)21)6-4-2-3-5-7-14/h8H,2-7,9H2,1H3,(H,16,19)(H,20,21). The maximum absolute atomic E-state index is 12.2. The molecule has 126 valence electrons. The van der Waals surface area contributed by atoms with Gasteiger partial charge < -0.3 is 20.5 Å². The molecule has 1 fully saturated rings. The molecule has 0 saturated heterocycles. The lowest BCUT2D eigenvalue weighted by atomic mass is 9.90. The minimum atomic E-state index is -1.24. The number of nitrogens with one attached hydrogen (secondary N) is 1. The zero-order valence-electron chi connectivity index (χ0n) is 12.9. The van der Waals surface area contributed by atoms with Crippen LogP contribution in [0.25, 0.3) is 0 Å². The van der Waals surface area contributed by atoms with E-state index in [1.807, 2.05) is 0 Å². The molecular formula is C14H20N4O5. The quantitative estimate of drug-likeness (QED) is 0.478. The van der Waals surface area contributed by atoms with Gasteiger partial charge in [0, 0.05) is 6.92 Å². The van der Waals surface area contributed by atoms with Crippen molar-refractivity contribution in [3.63, 3.8) is 0 Å². The third kappa shape index (κ3) is 3.85. The average Bonchev–Trinajstić information content (AvgIpc) is 2.70. The number of hydrogen-bond acceptors (Lipinski definition) is 5. The number of amides is 1. The molecule has 0 atom stereocenters. The largest absolute Gasteiger partial charge is 0.480 e. The van der Waals surface area contributed by atoms with Gasteiger partial charge in [-0.3, -0.25) is 9.36 Å². The summed E-state index contributed by atoms with van der Waals surface area (Å²) in [5.41, 5.74) is -1.24. The van der Waals surface area contributed by atoms with Crippen molar-refractivity contribution in [2.24, 2.45) is 0 Å². The Balaban J connectivity index is 2.10.